The number of fused-ring (bicyclic) bond motifs is 3. The summed E-state index contributed by atoms with van der Waals surface area (Å²) in [5.41, 5.74) is 0.204. The van der Waals surface area contributed by atoms with Crippen LogP contribution in [0.5, 0.6) is 0 Å². The number of nitriles is 1. The third-order valence-corrected chi connectivity index (χ3v) is 7.56. The molecule has 0 amide bonds. The minimum Gasteiger partial charge on any atom is -0.393 e. The van der Waals surface area contributed by atoms with E-state index in [9.17, 15) is 19.6 Å². The van der Waals surface area contributed by atoms with E-state index in [4.69, 9.17) is 9.26 Å². The minimum atomic E-state index is -0.698. The van der Waals surface area contributed by atoms with Gasteiger partial charge in [-0.1, -0.05) is 5.16 Å². The normalized spacial score (nSPS) is 20.4. The number of halogens is 1. The van der Waals surface area contributed by atoms with Crippen LogP contribution in [0.15, 0.2) is 27.8 Å². The number of hydrogen-bond acceptors (Lipinski definition) is 9. The molecule has 2 aliphatic rings. The summed E-state index contributed by atoms with van der Waals surface area (Å²) in [4.78, 5) is 25.0. The number of aromatic nitrogens is 5. The molecular formula is C26H28FN7O4. The van der Waals surface area contributed by atoms with E-state index in [1.165, 1.54) is 23.0 Å². The van der Waals surface area contributed by atoms with Crippen LogP contribution in [0.3, 0.4) is 0 Å². The molecular weight excluding hydrogens is 493 g/mol. The highest BCUT2D eigenvalue weighted by atomic mass is 19.1. The van der Waals surface area contributed by atoms with Crippen LogP contribution in [-0.2, 0) is 11.3 Å². The van der Waals surface area contributed by atoms with Gasteiger partial charge in [-0.15, -0.1) is 0 Å². The molecule has 0 aliphatic carbocycles. The molecule has 1 atom stereocenters. The summed E-state index contributed by atoms with van der Waals surface area (Å²) < 4.78 is 29.2. The van der Waals surface area contributed by atoms with Crippen molar-refractivity contribution in [2.75, 3.05) is 19.6 Å². The SMILES string of the molecule is CC1(C)CCC(c2nc(-c3ncn4c3c(=O)n(CCN3CCC(O)CC3)c3c(C#N)c(F)ccc34)no2)O1. The van der Waals surface area contributed by atoms with Crippen molar-refractivity contribution in [1.29, 1.82) is 5.26 Å². The summed E-state index contributed by atoms with van der Waals surface area (Å²) in [5, 5.41) is 23.7. The van der Waals surface area contributed by atoms with E-state index in [0.717, 1.165) is 12.8 Å². The summed E-state index contributed by atoms with van der Waals surface area (Å²) in [6, 6.07) is 4.67. The van der Waals surface area contributed by atoms with E-state index < -0.39 is 11.4 Å². The Morgan fingerprint density at radius 3 is 2.71 bits per heavy atom. The Morgan fingerprint density at radius 2 is 2.00 bits per heavy atom. The van der Waals surface area contributed by atoms with Gasteiger partial charge in [0.1, 0.15) is 41.1 Å². The summed E-state index contributed by atoms with van der Waals surface area (Å²) in [6.45, 7) is 6.13. The van der Waals surface area contributed by atoms with E-state index in [2.05, 4.69) is 20.0 Å². The zero-order valence-electron chi connectivity index (χ0n) is 21.2. The third kappa shape index (κ3) is 4.16. The second-order valence-electron chi connectivity index (χ2n) is 10.6. The van der Waals surface area contributed by atoms with Gasteiger partial charge >= 0.3 is 0 Å². The van der Waals surface area contributed by atoms with E-state index >= 15 is 0 Å². The van der Waals surface area contributed by atoms with Gasteiger partial charge < -0.3 is 23.8 Å². The van der Waals surface area contributed by atoms with Crippen molar-refractivity contribution in [3.05, 3.63) is 46.1 Å². The first-order chi connectivity index (χ1) is 18.3. The predicted molar refractivity (Wildman–Crippen MR) is 134 cm³/mol. The van der Waals surface area contributed by atoms with Crippen LogP contribution in [0.25, 0.3) is 28.1 Å². The Balaban J connectivity index is 1.46. The molecule has 198 valence electrons. The van der Waals surface area contributed by atoms with Crippen molar-refractivity contribution < 1.29 is 18.8 Å². The summed E-state index contributed by atoms with van der Waals surface area (Å²) >= 11 is 0. The van der Waals surface area contributed by atoms with Crippen LogP contribution in [0.2, 0.25) is 0 Å². The first-order valence-corrected chi connectivity index (χ1v) is 12.8. The van der Waals surface area contributed by atoms with E-state index in [0.29, 0.717) is 43.9 Å². The lowest BCUT2D eigenvalue weighted by Gasteiger charge is -2.29. The number of aliphatic hydroxyl groups excluding tert-OH is 1. The lowest BCUT2D eigenvalue weighted by molar-refractivity contribution is -0.0292. The third-order valence-electron chi connectivity index (χ3n) is 7.56. The fourth-order valence-corrected chi connectivity index (χ4v) is 5.47. The monoisotopic (exact) mass is 521 g/mol. The van der Waals surface area contributed by atoms with Crippen molar-refractivity contribution in [3.8, 4) is 17.6 Å². The van der Waals surface area contributed by atoms with Crippen LogP contribution < -0.4 is 5.56 Å². The van der Waals surface area contributed by atoms with Gasteiger partial charge in [-0.3, -0.25) is 9.20 Å². The second-order valence-corrected chi connectivity index (χ2v) is 10.6. The molecule has 2 saturated heterocycles. The number of likely N-dealkylation sites (tertiary alicyclic amines) is 1. The molecule has 0 saturated carbocycles. The smallest absolute Gasteiger partial charge is 0.277 e. The molecule has 1 N–H and O–H groups in total. The first kappa shape index (κ1) is 24.7. The lowest BCUT2D eigenvalue weighted by atomic mass is 10.1. The number of imidazole rings is 1. The molecule has 1 unspecified atom stereocenters. The fraction of sp³-hybridized carbons (Fsp3) is 0.500. The molecule has 0 bridgehead atoms. The van der Waals surface area contributed by atoms with Crippen LogP contribution in [0.4, 0.5) is 4.39 Å². The molecule has 4 aromatic rings. The topological polar surface area (TPSA) is 135 Å². The summed E-state index contributed by atoms with van der Waals surface area (Å²) in [5.74, 6) is -0.211. The Labute approximate surface area is 217 Å². The maximum Gasteiger partial charge on any atom is 0.277 e. The highest BCUT2D eigenvalue weighted by Crippen LogP contribution is 2.38. The zero-order valence-corrected chi connectivity index (χ0v) is 21.2. The van der Waals surface area contributed by atoms with E-state index in [1.54, 1.807) is 4.40 Å². The first-order valence-electron chi connectivity index (χ1n) is 12.8. The molecule has 12 heteroatoms. The van der Waals surface area contributed by atoms with Crippen LogP contribution >= 0.6 is 0 Å². The maximum absolute atomic E-state index is 14.7. The summed E-state index contributed by atoms with van der Waals surface area (Å²) in [7, 11) is 0. The zero-order chi connectivity index (χ0) is 26.6. The van der Waals surface area contributed by atoms with Gasteiger partial charge in [0.25, 0.3) is 11.4 Å². The largest absolute Gasteiger partial charge is 0.393 e. The van der Waals surface area contributed by atoms with Gasteiger partial charge in [0.15, 0.2) is 0 Å². The van der Waals surface area contributed by atoms with Crippen molar-refractivity contribution in [2.45, 2.75) is 63.9 Å². The Kier molecular flexibility index (Phi) is 6.02. The quantitative estimate of drug-likeness (QED) is 0.421. The average molecular weight is 522 g/mol. The van der Waals surface area contributed by atoms with Gasteiger partial charge in [0.05, 0.1) is 22.7 Å². The second kappa shape index (κ2) is 9.27. The van der Waals surface area contributed by atoms with E-state index in [1.807, 2.05) is 19.9 Å². The molecule has 0 spiro atoms. The van der Waals surface area contributed by atoms with Gasteiger partial charge in [0, 0.05) is 26.2 Å². The number of nitrogens with zero attached hydrogens (tertiary/aromatic N) is 7. The number of piperidine rings is 1. The number of ether oxygens (including phenoxy) is 1. The van der Waals surface area contributed by atoms with Gasteiger partial charge in [-0.2, -0.15) is 10.2 Å². The standard InChI is InChI=1S/C26H28FN7O4/c1-26(2)8-5-19(37-26)24-30-23(31-38-24)20-22-25(36)33(12-11-32-9-6-15(35)7-10-32)21-16(13-28)17(27)3-4-18(21)34(22)14-29-20/h3-4,14-15,19,35H,5-12H2,1-2H3. The number of hydrogen-bond donors (Lipinski definition) is 1. The molecule has 1 aromatic carbocycles. The Morgan fingerprint density at radius 1 is 1.21 bits per heavy atom. The van der Waals surface area contributed by atoms with Crippen molar-refractivity contribution in [3.63, 3.8) is 0 Å². The van der Waals surface area contributed by atoms with Crippen LogP contribution in [0.1, 0.15) is 57.1 Å². The van der Waals surface area contributed by atoms with Crippen LogP contribution in [0, 0.1) is 17.1 Å². The number of rotatable bonds is 5. The highest BCUT2D eigenvalue weighted by Gasteiger charge is 2.36. The fourth-order valence-electron chi connectivity index (χ4n) is 5.47. The van der Waals surface area contributed by atoms with Gasteiger partial charge in [0.2, 0.25) is 5.82 Å². The van der Waals surface area contributed by atoms with Gasteiger partial charge in [-0.25, -0.2) is 9.37 Å². The highest BCUT2D eigenvalue weighted by molar-refractivity contribution is 5.87. The Hall–Kier alpha value is -3.66. The van der Waals surface area contributed by atoms with Gasteiger partial charge in [-0.05, 0) is 51.7 Å². The Bertz CT molecular complexity index is 1620. The predicted octanol–water partition coefficient (Wildman–Crippen LogP) is 2.80. The molecule has 2 aliphatic heterocycles. The lowest BCUT2D eigenvalue weighted by Crippen LogP contribution is -2.39. The van der Waals surface area contributed by atoms with Crippen molar-refractivity contribution >= 4 is 16.6 Å². The number of aliphatic hydroxyl groups is 1. The molecule has 5 heterocycles. The minimum absolute atomic E-state index is 0.159. The van der Waals surface area contributed by atoms with Crippen molar-refractivity contribution in [2.24, 2.45) is 0 Å². The number of benzene rings is 1. The molecule has 38 heavy (non-hydrogen) atoms. The molecule has 2 fully saturated rings. The van der Waals surface area contributed by atoms with E-state index in [-0.39, 0.29) is 52.5 Å². The maximum atomic E-state index is 14.7. The molecule has 3 aromatic heterocycles. The van der Waals surface area contributed by atoms with Crippen LogP contribution in [-0.4, -0.2) is 65.4 Å². The molecule has 6 rings (SSSR count). The van der Waals surface area contributed by atoms with Crippen molar-refractivity contribution in [1.82, 2.24) is 29.0 Å². The molecule has 0 radical (unpaired) electrons. The average Bonchev–Trinajstić information content (AvgIpc) is 3.63. The molecule has 11 nitrogen and oxygen atoms in total. The summed E-state index contributed by atoms with van der Waals surface area (Å²) in [6.07, 6.45) is 3.71.